The highest BCUT2D eigenvalue weighted by atomic mass is 35.5. The zero-order chi connectivity index (χ0) is 25.2. The number of Topliss-reactive ketones (excluding diaryl/α,β-unsaturated/α-hetero) is 1. The molecule has 36 heavy (non-hydrogen) atoms. The molecular formula is C26H17Cl2N3O3S2. The van der Waals surface area contributed by atoms with Crippen LogP contribution in [0.2, 0.25) is 10.0 Å². The summed E-state index contributed by atoms with van der Waals surface area (Å²) in [5, 5.41) is 20.4. The predicted molar refractivity (Wildman–Crippen MR) is 144 cm³/mol. The number of ketones is 1. The van der Waals surface area contributed by atoms with Crippen molar-refractivity contribution >= 4 is 68.9 Å². The van der Waals surface area contributed by atoms with Crippen LogP contribution in [0.5, 0.6) is 0 Å². The fourth-order valence-corrected chi connectivity index (χ4v) is 5.99. The molecule has 10 heteroatoms. The molecule has 1 saturated heterocycles. The number of aromatic nitrogens is 2. The predicted octanol–water partition coefficient (Wildman–Crippen LogP) is 6.76. The van der Waals surface area contributed by atoms with Crippen molar-refractivity contribution in [1.82, 2.24) is 10.2 Å². The van der Waals surface area contributed by atoms with Crippen molar-refractivity contribution < 1.29 is 14.7 Å². The number of aliphatic hydroxyl groups is 1. The zero-order valence-electron chi connectivity index (χ0n) is 18.5. The van der Waals surface area contributed by atoms with Gasteiger partial charge in [-0.05, 0) is 23.3 Å². The van der Waals surface area contributed by atoms with Gasteiger partial charge in [-0.25, -0.2) is 0 Å². The van der Waals surface area contributed by atoms with Crippen molar-refractivity contribution in [3.63, 3.8) is 0 Å². The van der Waals surface area contributed by atoms with Gasteiger partial charge in [-0.3, -0.25) is 14.5 Å². The van der Waals surface area contributed by atoms with Crippen molar-refractivity contribution in [1.29, 1.82) is 0 Å². The van der Waals surface area contributed by atoms with Crippen LogP contribution in [0.1, 0.15) is 22.7 Å². The average Bonchev–Trinajstić information content (AvgIpc) is 3.47. The molecular weight excluding hydrogens is 537 g/mol. The quantitative estimate of drug-likeness (QED) is 0.0932. The molecule has 1 fully saturated rings. The molecule has 5 rings (SSSR count). The topological polar surface area (TPSA) is 83.4 Å². The molecule has 2 heterocycles. The second kappa shape index (κ2) is 10.4. The lowest BCUT2D eigenvalue weighted by molar-refractivity contribution is -0.132. The van der Waals surface area contributed by atoms with Crippen molar-refractivity contribution in [3.8, 4) is 0 Å². The number of halogens is 2. The molecule has 1 atom stereocenters. The molecule has 0 aliphatic carbocycles. The fraction of sp³-hybridized carbons (Fsp3) is 0.0769. The van der Waals surface area contributed by atoms with Gasteiger partial charge in [-0.1, -0.05) is 113 Å². The van der Waals surface area contributed by atoms with Crippen molar-refractivity contribution in [2.75, 3.05) is 4.90 Å². The molecule has 1 aromatic heterocycles. The van der Waals surface area contributed by atoms with Gasteiger partial charge in [0, 0.05) is 11.3 Å². The van der Waals surface area contributed by atoms with E-state index in [4.69, 9.17) is 23.2 Å². The lowest BCUT2D eigenvalue weighted by Gasteiger charge is -2.22. The molecule has 0 saturated carbocycles. The third-order valence-electron chi connectivity index (χ3n) is 5.56. The van der Waals surface area contributed by atoms with Gasteiger partial charge < -0.3 is 5.11 Å². The molecule has 3 aromatic carbocycles. The van der Waals surface area contributed by atoms with E-state index in [0.717, 1.165) is 5.56 Å². The highest BCUT2D eigenvalue weighted by Crippen LogP contribution is 2.45. The number of benzene rings is 3. The molecule has 1 aliphatic heterocycles. The Hall–Kier alpha value is -3.17. The number of aliphatic hydroxyl groups excluding tert-OH is 1. The number of nitrogens with zero attached hydrogens (tertiary/aromatic N) is 3. The molecule has 1 amide bonds. The summed E-state index contributed by atoms with van der Waals surface area (Å²) in [6.45, 7) is 0. The minimum absolute atomic E-state index is 0.0572. The third-order valence-corrected chi connectivity index (χ3v) is 8.42. The van der Waals surface area contributed by atoms with Gasteiger partial charge in [0.15, 0.2) is 4.34 Å². The Labute approximate surface area is 225 Å². The molecule has 0 bridgehead atoms. The van der Waals surface area contributed by atoms with Crippen LogP contribution in [0.4, 0.5) is 5.13 Å². The first-order chi connectivity index (χ1) is 17.4. The monoisotopic (exact) mass is 553 g/mol. The maximum absolute atomic E-state index is 13.3. The molecule has 0 spiro atoms. The van der Waals surface area contributed by atoms with Gasteiger partial charge in [0.1, 0.15) is 5.76 Å². The SMILES string of the molecule is O=C1C(=O)N(c2nnc(SCc3ccccc3)s2)C(c2ccc(Cl)c(Cl)c2)/C1=C(/O)c1ccccc1. The van der Waals surface area contributed by atoms with Crippen molar-refractivity contribution in [2.45, 2.75) is 16.1 Å². The number of anilines is 1. The number of hydrogen-bond donors (Lipinski definition) is 1. The van der Waals surface area contributed by atoms with E-state index < -0.39 is 17.7 Å². The number of carbonyl (C=O) groups is 2. The zero-order valence-corrected chi connectivity index (χ0v) is 21.6. The summed E-state index contributed by atoms with van der Waals surface area (Å²) in [6.07, 6.45) is 0. The van der Waals surface area contributed by atoms with E-state index in [1.165, 1.54) is 28.0 Å². The summed E-state index contributed by atoms with van der Waals surface area (Å²) in [7, 11) is 0. The van der Waals surface area contributed by atoms with Gasteiger partial charge >= 0.3 is 5.91 Å². The Morgan fingerprint density at radius 2 is 1.64 bits per heavy atom. The summed E-state index contributed by atoms with van der Waals surface area (Å²) >= 11 is 15.1. The maximum Gasteiger partial charge on any atom is 0.301 e. The Balaban J connectivity index is 1.57. The number of thioether (sulfide) groups is 1. The Morgan fingerprint density at radius 1 is 0.944 bits per heavy atom. The van der Waals surface area contributed by atoms with E-state index in [9.17, 15) is 14.7 Å². The van der Waals surface area contributed by atoms with Crippen LogP contribution in [0, 0.1) is 0 Å². The molecule has 180 valence electrons. The first-order valence-electron chi connectivity index (χ1n) is 10.8. The van der Waals surface area contributed by atoms with Crippen LogP contribution in [0.3, 0.4) is 0 Å². The van der Waals surface area contributed by atoms with E-state index in [2.05, 4.69) is 10.2 Å². The molecule has 4 aromatic rings. The smallest absolute Gasteiger partial charge is 0.301 e. The minimum Gasteiger partial charge on any atom is -0.507 e. The summed E-state index contributed by atoms with van der Waals surface area (Å²) in [5.74, 6) is -1.23. The number of amides is 1. The minimum atomic E-state index is -0.958. The molecule has 1 aliphatic rings. The van der Waals surface area contributed by atoms with Crippen LogP contribution in [0.15, 0.2) is 88.8 Å². The van der Waals surface area contributed by atoms with Gasteiger partial charge in [-0.15, -0.1) is 10.2 Å². The van der Waals surface area contributed by atoms with E-state index in [1.54, 1.807) is 48.5 Å². The Morgan fingerprint density at radius 3 is 2.33 bits per heavy atom. The van der Waals surface area contributed by atoms with E-state index in [1.807, 2.05) is 30.3 Å². The number of hydrogen-bond acceptors (Lipinski definition) is 7. The summed E-state index contributed by atoms with van der Waals surface area (Å²) < 4.78 is 0.645. The second-order valence-electron chi connectivity index (χ2n) is 7.83. The first-order valence-corrected chi connectivity index (χ1v) is 13.3. The van der Waals surface area contributed by atoms with E-state index in [0.29, 0.717) is 26.2 Å². The summed E-state index contributed by atoms with van der Waals surface area (Å²) in [5.41, 5.74) is 1.99. The highest BCUT2D eigenvalue weighted by Gasteiger charge is 2.48. The molecule has 0 radical (unpaired) electrons. The normalized spacial score (nSPS) is 17.1. The van der Waals surface area contributed by atoms with Crippen molar-refractivity contribution in [2.24, 2.45) is 0 Å². The van der Waals surface area contributed by atoms with Crippen LogP contribution in [-0.4, -0.2) is 27.0 Å². The lowest BCUT2D eigenvalue weighted by atomic mass is 9.95. The molecule has 1 N–H and O–H groups in total. The second-order valence-corrected chi connectivity index (χ2v) is 10.8. The van der Waals surface area contributed by atoms with Crippen LogP contribution < -0.4 is 4.90 Å². The highest BCUT2D eigenvalue weighted by molar-refractivity contribution is 8.00. The lowest BCUT2D eigenvalue weighted by Crippen LogP contribution is -2.29. The van der Waals surface area contributed by atoms with Crippen molar-refractivity contribution in [3.05, 3.63) is 111 Å². The largest absolute Gasteiger partial charge is 0.507 e. The van der Waals surface area contributed by atoms with E-state index in [-0.39, 0.29) is 21.5 Å². The Kier molecular flexibility index (Phi) is 7.11. The maximum atomic E-state index is 13.3. The molecule has 1 unspecified atom stereocenters. The van der Waals surface area contributed by atoms with Gasteiger partial charge in [-0.2, -0.15) is 0 Å². The van der Waals surface area contributed by atoms with Gasteiger partial charge in [0.05, 0.1) is 21.7 Å². The van der Waals surface area contributed by atoms with E-state index >= 15 is 0 Å². The average molecular weight is 554 g/mol. The van der Waals surface area contributed by atoms with Gasteiger partial charge in [0.25, 0.3) is 5.78 Å². The van der Waals surface area contributed by atoms with Gasteiger partial charge in [0.2, 0.25) is 5.13 Å². The van der Waals surface area contributed by atoms with Crippen LogP contribution in [-0.2, 0) is 15.3 Å². The standard InChI is InChI=1S/C26H17Cl2N3O3S2/c27-18-12-11-17(13-19(18)28)21-20(22(32)16-9-5-2-6-10-16)23(33)24(34)31(21)25-29-30-26(36-25)35-14-15-7-3-1-4-8-15/h1-13,21,32H,14H2/b22-20-. The third kappa shape index (κ3) is 4.77. The first kappa shape index (κ1) is 24.5. The summed E-state index contributed by atoms with van der Waals surface area (Å²) in [6, 6.07) is 22.4. The number of carbonyl (C=O) groups excluding carboxylic acids is 2. The Bertz CT molecular complexity index is 1480. The molecule has 6 nitrogen and oxygen atoms in total. The van der Waals surface area contributed by atoms with Crippen LogP contribution in [0.25, 0.3) is 5.76 Å². The van der Waals surface area contributed by atoms with Crippen LogP contribution >= 0.6 is 46.3 Å². The summed E-state index contributed by atoms with van der Waals surface area (Å²) in [4.78, 5) is 27.8. The fourth-order valence-electron chi connectivity index (χ4n) is 3.86. The number of rotatable bonds is 6.